The van der Waals surface area contributed by atoms with Gasteiger partial charge in [0.2, 0.25) is 10.0 Å². The number of benzene rings is 1. The molecule has 18 heavy (non-hydrogen) atoms. The standard InChI is InChI=1S/C12H20N2O3S/c1-10(9-15)3-2-8-14-18(16,17)12-6-4-11(13)5-7-12/h4-7,10,14-15H,2-3,8-9,13H2,1H3. The van der Waals surface area contributed by atoms with E-state index in [1.807, 2.05) is 6.92 Å². The summed E-state index contributed by atoms with van der Waals surface area (Å²) >= 11 is 0. The maximum Gasteiger partial charge on any atom is 0.240 e. The van der Waals surface area contributed by atoms with Crippen LogP contribution < -0.4 is 10.5 Å². The summed E-state index contributed by atoms with van der Waals surface area (Å²) in [6.45, 7) is 2.43. The number of anilines is 1. The molecular weight excluding hydrogens is 252 g/mol. The Morgan fingerprint density at radius 1 is 1.33 bits per heavy atom. The monoisotopic (exact) mass is 272 g/mol. The Morgan fingerprint density at radius 2 is 1.94 bits per heavy atom. The van der Waals surface area contributed by atoms with Crippen molar-refractivity contribution in [3.8, 4) is 0 Å². The van der Waals surface area contributed by atoms with Gasteiger partial charge in [-0.3, -0.25) is 0 Å². The van der Waals surface area contributed by atoms with E-state index in [-0.39, 0.29) is 17.4 Å². The Hall–Kier alpha value is -1.11. The molecule has 0 bridgehead atoms. The number of nitrogens with two attached hydrogens (primary N) is 1. The van der Waals surface area contributed by atoms with Crippen LogP contribution in [0.5, 0.6) is 0 Å². The Morgan fingerprint density at radius 3 is 2.50 bits per heavy atom. The molecule has 0 saturated carbocycles. The molecular formula is C12H20N2O3S. The van der Waals surface area contributed by atoms with Crippen molar-refractivity contribution in [2.45, 2.75) is 24.7 Å². The van der Waals surface area contributed by atoms with Gasteiger partial charge in [-0.2, -0.15) is 0 Å². The lowest BCUT2D eigenvalue weighted by Crippen LogP contribution is -2.25. The molecule has 0 heterocycles. The average molecular weight is 272 g/mol. The van der Waals surface area contributed by atoms with E-state index in [1.165, 1.54) is 12.1 Å². The fourth-order valence-electron chi connectivity index (χ4n) is 1.48. The van der Waals surface area contributed by atoms with Crippen LogP contribution >= 0.6 is 0 Å². The minimum absolute atomic E-state index is 0.130. The molecule has 1 aromatic rings. The molecule has 0 aliphatic rings. The van der Waals surface area contributed by atoms with E-state index in [1.54, 1.807) is 12.1 Å². The molecule has 0 aromatic heterocycles. The largest absolute Gasteiger partial charge is 0.399 e. The number of hydrogen-bond acceptors (Lipinski definition) is 4. The third-order valence-corrected chi connectivity index (χ3v) is 4.14. The Labute approximate surface area is 108 Å². The van der Waals surface area contributed by atoms with Crippen LogP contribution in [0.15, 0.2) is 29.2 Å². The van der Waals surface area contributed by atoms with E-state index in [4.69, 9.17) is 10.8 Å². The van der Waals surface area contributed by atoms with E-state index in [2.05, 4.69) is 4.72 Å². The van der Waals surface area contributed by atoms with Crippen molar-refractivity contribution in [1.29, 1.82) is 0 Å². The summed E-state index contributed by atoms with van der Waals surface area (Å²) in [5.41, 5.74) is 6.03. The smallest absolute Gasteiger partial charge is 0.240 e. The number of nitrogens with one attached hydrogen (secondary N) is 1. The van der Waals surface area contributed by atoms with Crippen molar-refractivity contribution in [3.63, 3.8) is 0 Å². The normalized spacial score (nSPS) is 13.4. The highest BCUT2D eigenvalue weighted by atomic mass is 32.2. The van der Waals surface area contributed by atoms with Gasteiger partial charge in [-0.1, -0.05) is 6.92 Å². The summed E-state index contributed by atoms with van der Waals surface area (Å²) in [5, 5.41) is 8.85. The number of sulfonamides is 1. The lowest BCUT2D eigenvalue weighted by atomic mass is 10.1. The van der Waals surface area contributed by atoms with Crippen LogP contribution in [-0.2, 0) is 10.0 Å². The maximum absolute atomic E-state index is 11.9. The van der Waals surface area contributed by atoms with E-state index in [0.29, 0.717) is 18.7 Å². The first kappa shape index (κ1) is 14.9. The predicted molar refractivity (Wildman–Crippen MR) is 71.5 cm³/mol. The first-order valence-corrected chi connectivity index (χ1v) is 7.40. The molecule has 102 valence electrons. The summed E-state index contributed by atoms with van der Waals surface area (Å²) in [7, 11) is -3.45. The Balaban J connectivity index is 2.48. The number of rotatable bonds is 7. The Bertz CT molecular complexity index is 457. The highest BCUT2D eigenvalue weighted by Crippen LogP contribution is 2.11. The third-order valence-electron chi connectivity index (χ3n) is 2.67. The van der Waals surface area contributed by atoms with Gasteiger partial charge in [0.05, 0.1) is 4.90 Å². The van der Waals surface area contributed by atoms with Gasteiger partial charge in [0.1, 0.15) is 0 Å². The van der Waals surface area contributed by atoms with Crippen LogP contribution in [0.1, 0.15) is 19.8 Å². The summed E-state index contributed by atoms with van der Waals surface area (Å²) in [6.07, 6.45) is 1.50. The molecule has 0 fully saturated rings. The SMILES string of the molecule is CC(CO)CCCNS(=O)(=O)c1ccc(N)cc1. The van der Waals surface area contributed by atoms with Gasteiger partial charge in [0.15, 0.2) is 0 Å². The number of aliphatic hydroxyl groups excluding tert-OH is 1. The molecule has 0 radical (unpaired) electrons. The van der Waals surface area contributed by atoms with E-state index < -0.39 is 10.0 Å². The second-order valence-electron chi connectivity index (χ2n) is 4.40. The molecule has 6 heteroatoms. The van der Waals surface area contributed by atoms with E-state index in [9.17, 15) is 8.42 Å². The van der Waals surface area contributed by atoms with Crippen LogP contribution in [0.25, 0.3) is 0 Å². The minimum Gasteiger partial charge on any atom is -0.399 e. The van der Waals surface area contributed by atoms with Crippen LogP contribution in [0.2, 0.25) is 0 Å². The van der Waals surface area contributed by atoms with Crippen LogP contribution in [0, 0.1) is 5.92 Å². The molecule has 0 spiro atoms. The fraction of sp³-hybridized carbons (Fsp3) is 0.500. The van der Waals surface area contributed by atoms with Crippen molar-refractivity contribution in [1.82, 2.24) is 4.72 Å². The Kier molecular flexibility index (Phi) is 5.58. The first-order chi connectivity index (χ1) is 8.45. The molecule has 1 atom stereocenters. The summed E-state index contributed by atoms with van der Waals surface area (Å²) in [5.74, 6) is 0.200. The number of aliphatic hydroxyl groups is 1. The fourth-order valence-corrected chi connectivity index (χ4v) is 2.55. The van der Waals surface area contributed by atoms with Crippen molar-refractivity contribution in [3.05, 3.63) is 24.3 Å². The lowest BCUT2D eigenvalue weighted by molar-refractivity contribution is 0.228. The van der Waals surface area contributed by atoms with Gasteiger partial charge < -0.3 is 10.8 Å². The van der Waals surface area contributed by atoms with Gasteiger partial charge in [-0.05, 0) is 43.0 Å². The topological polar surface area (TPSA) is 92.4 Å². The predicted octanol–water partition coefficient (Wildman–Crippen LogP) is 0.956. The van der Waals surface area contributed by atoms with Crippen molar-refractivity contribution in [2.75, 3.05) is 18.9 Å². The number of nitrogen functional groups attached to an aromatic ring is 1. The average Bonchev–Trinajstić information content (AvgIpc) is 2.35. The zero-order valence-corrected chi connectivity index (χ0v) is 11.3. The van der Waals surface area contributed by atoms with Crippen LogP contribution in [0.3, 0.4) is 0 Å². The van der Waals surface area contributed by atoms with Crippen LogP contribution in [-0.4, -0.2) is 26.7 Å². The molecule has 0 aliphatic heterocycles. The van der Waals surface area contributed by atoms with Crippen molar-refractivity contribution < 1.29 is 13.5 Å². The van der Waals surface area contributed by atoms with Gasteiger partial charge >= 0.3 is 0 Å². The maximum atomic E-state index is 11.9. The summed E-state index contributed by atoms with van der Waals surface area (Å²) in [4.78, 5) is 0.215. The van der Waals surface area contributed by atoms with Gasteiger partial charge in [0.25, 0.3) is 0 Å². The molecule has 0 saturated heterocycles. The zero-order valence-electron chi connectivity index (χ0n) is 10.5. The van der Waals surface area contributed by atoms with Crippen LogP contribution in [0.4, 0.5) is 5.69 Å². The number of hydrogen-bond donors (Lipinski definition) is 3. The molecule has 0 amide bonds. The lowest BCUT2D eigenvalue weighted by Gasteiger charge is -2.09. The first-order valence-electron chi connectivity index (χ1n) is 5.92. The van der Waals surface area contributed by atoms with Gasteiger partial charge in [-0.25, -0.2) is 13.1 Å². The highest BCUT2D eigenvalue weighted by molar-refractivity contribution is 7.89. The van der Waals surface area contributed by atoms with E-state index in [0.717, 1.165) is 6.42 Å². The van der Waals surface area contributed by atoms with Crippen molar-refractivity contribution >= 4 is 15.7 Å². The van der Waals surface area contributed by atoms with Gasteiger partial charge in [0, 0.05) is 18.8 Å². The third kappa shape index (κ3) is 4.64. The molecule has 5 nitrogen and oxygen atoms in total. The molecule has 1 rings (SSSR count). The molecule has 1 aromatic carbocycles. The highest BCUT2D eigenvalue weighted by Gasteiger charge is 2.12. The second-order valence-corrected chi connectivity index (χ2v) is 6.16. The van der Waals surface area contributed by atoms with Crippen molar-refractivity contribution in [2.24, 2.45) is 5.92 Å². The molecule has 0 aliphatic carbocycles. The minimum atomic E-state index is -3.45. The zero-order chi connectivity index (χ0) is 13.6. The molecule has 4 N–H and O–H groups in total. The quantitative estimate of drug-likeness (QED) is 0.509. The molecule has 1 unspecified atom stereocenters. The summed E-state index contributed by atoms with van der Waals surface area (Å²) in [6, 6.07) is 6.08. The summed E-state index contributed by atoms with van der Waals surface area (Å²) < 4.78 is 26.2. The second kappa shape index (κ2) is 6.72. The van der Waals surface area contributed by atoms with Gasteiger partial charge in [-0.15, -0.1) is 0 Å². The van der Waals surface area contributed by atoms with E-state index >= 15 is 0 Å².